The number of aliphatic carboxylic acids is 1. The van der Waals surface area contributed by atoms with Crippen molar-refractivity contribution in [2.24, 2.45) is 5.92 Å². The van der Waals surface area contributed by atoms with Crippen LogP contribution < -0.4 is 0 Å². The first-order chi connectivity index (χ1) is 9.43. The summed E-state index contributed by atoms with van der Waals surface area (Å²) in [5.74, 6) is -0.926. The van der Waals surface area contributed by atoms with Gasteiger partial charge in [0.15, 0.2) is 0 Å². The molecule has 0 atom stereocenters. The van der Waals surface area contributed by atoms with Crippen LogP contribution in [-0.2, 0) is 14.8 Å². The van der Waals surface area contributed by atoms with Crippen LogP contribution >= 0.6 is 0 Å². The molecule has 0 unspecified atom stereocenters. The molecule has 20 heavy (non-hydrogen) atoms. The van der Waals surface area contributed by atoms with E-state index < -0.39 is 22.5 Å². The number of carboxylic acid groups (broad SMARTS) is 1. The predicted molar refractivity (Wildman–Crippen MR) is 70.3 cm³/mol. The van der Waals surface area contributed by atoms with Gasteiger partial charge in [0.25, 0.3) is 0 Å². The molecule has 0 aromatic heterocycles. The lowest BCUT2D eigenvalue weighted by molar-refractivity contribution is -0.137. The maximum absolute atomic E-state index is 12.4. The first-order valence-electron chi connectivity index (χ1n) is 6.15. The van der Waals surface area contributed by atoms with Crippen molar-refractivity contribution < 1.29 is 18.3 Å². The van der Waals surface area contributed by atoms with E-state index in [-0.39, 0.29) is 17.4 Å². The molecule has 0 spiro atoms. The first kappa shape index (κ1) is 14.5. The van der Waals surface area contributed by atoms with E-state index in [4.69, 9.17) is 10.4 Å². The molecule has 7 heteroatoms. The Bertz CT molecular complexity index is 642. The SMILES string of the molecule is N#Cc1ccc(S(=O)(=O)N(CC(=O)O)CC2CC2)cc1. The molecular weight excluding hydrogens is 280 g/mol. The highest BCUT2D eigenvalue weighted by Crippen LogP contribution is 2.31. The molecule has 1 aromatic rings. The Kier molecular flexibility index (Phi) is 4.06. The highest BCUT2D eigenvalue weighted by Gasteiger charge is 2.32. The zero-order valence-corrected chi connectivity index (χ0v) is 11.5. The molecule has 0 radical (unpaired) electrons. The molecule has 0 bridgehead atoms. The fourth-order valence-corrected chi connectivity index (χ4v) is 3.30. The predicted octanol–water partition coefficient (Wildman–Crippen LogP) is 1.04. The van der Waals surface area contributed by atoms with Crippen LogP contribution in [0.1, 0.15) is 18.4 Å². The van der Waals surface area contributed by atoms with Gasteiger partial charge in [0.2, 0.25) is 10.0 Å². The Balaban J connectivity index is 2.27. The normalized spacial score (nSPS) is 15.0. The zero-order valence-electron chi connectivity index (χ0n) is 10.7. The fourth-order valence-electron chi connectivity index (χ4n) is 1.84. The van der Waals surface area contributed by atoms with E-state index in [2.05, 4.69) is 0 Å². The topological polar surface area (TPSA) is 98.5 Å². The summed E-state index contributed by atoms with van der Waals surface area (Å²) in [5.41, 5.74) is 0.357. The maximum atomic E-state index is 12.4. The number of carboxylic acids is 1. The van der Waals surface area contributed by atoms with Gasteiger partial charge in [-0.2, -0.15) is 9.57 Å². The number of nitriles is 1. The van der Waals surface area contributed by atoms with Crippen molar-refractivity contribution >= 4 is 16.0 Å². The average Bonchev–Trinajstić information content (AvgIpc) is 3.21. The summed E-state index contributed by atoms with van der Waals surface area (Å²) in [6.07, 6.45) is 1.86. The minimum atomic E-state index is -3.83. The molecule has 1 aliphatic carbocycles. The van der Waals surface area contributed by atoms with E-state index in [0.29, 0.717) is 5.56 Å². The molecular formula is C13H14N2O4S. The molecule has 1 N–H and O–H groups in total. The summed E-state index contributed by atoms with van der Waals surface area (Å²) in [7, 11) is -3.83. The van der Waals surface area contributed by atoms with E-state index in [1.807, 2.05) is 6.07 Å². The third-order valence-corrected chi connectivity index (χ3v) is 4.92. The summed E-state index contributed by atoms with van der Waals surface area (Å²) in [6, 6.07) is 7.38. The van der Waals surface area contributed by atoms with Crippen molar-refractivity contribution in [2.75, 3.05) is 13.1 Å². The Hall–Kier alpha value is -1.91. The Labute approximate surface area is 117 Å². The third-order valence-electron chi connectivity index (χ3n) is 3.09. The number of sulfonamides is 1. The summed E-state index contributed by atoms with van der Waals surface area (Å²) in [4.78, 5) is 10.9. The zero-order chi connectivity index (χ0) is 14.8. The fraction of sp³-hybridized carbons (Fsp3) is 0.385. The summed E-state index contributed by atoms with van der Waals surface area (Å²) in [5, 5.41) is 17.6. The molecule has 1 fully saturated rings. The quantitative estimate of drug-likeness (QED) is 0.845. The second-order valence-electron chi connectivity index (χ2n) is 4.77. The molecule has 6 nitrogen and oxygen atoms in total. The molecule has 2 rings (SSSR count). The van der Waals surface area contributed by atoms with Gasteiger partial charge in [-0.25, -0.2) is 8.42 Å². The van der Waals surface area contributed by atoms with Gasteiger partial charge in [-0.05, 0) is 43.0 Å². The largest absolute Gasteiger partial charge is 0.480 e. The standard InChI is InChI=1S/C13H14N2O4S/c14-7-10-3-5-12(6-4-10)20(18,19)15(9-13(16)17)8-11-1-2-11/h3-6,11H,1-2,8-9H2,(H,16,17). The smallest absolute Gasteiger partial charge is 0.318 e. The van der Waals surface area contributed by atoms with Crippen LogP contribution in [0.15, 0.2) is 29.2 Å². The monoisotopic (exact) mass is 294 g/mol. The minimum absolute atomic E-state index is 0.0124. The van der Waals surface area contributed by atoms with E-state index in [0.717, 1.165) is 17.1 Å². The van der Waals surface area contributed by atoms with E-state index in [1.165, 1.54) is 24.3 Å². The van der Waals surface area contributed by atoms with Gasteiger partial charge in [0.1, 0.15) is 6.54 Å². The molecule has 1 saturated carbocycles. The van der Waals surface area contributed by atoms with Crippen molar-refractivity contribution in [1.82, 2.24) is 4.31 Å². The lowest BCUT2D eigenvalue weighted by Gasteiger charge is -2.20. The second kappa shape index (κ2) is 5.61. The van der Waals surface area contributed by atoms with Gasteiger partial charge < -0.3 is 5.11 Å². The number of carbonyl (C=O) groups is 1. The summed E-state index contributed by atoms with van der Waals surface area (Å²) in [6.45, 7) is -0.312. The van der Waals surface area contributed by atoms with E-state index in [1.54, 1.807) is 0 Å². The second-order valence-corrected chi connectivity index (χ2v) is 6.71. The first-order valence-corrected chi connectivity index (χ1v) is 7.59. The summed E-state index contributed by atoms with van der Waals surface area (Å²) >= 11 is 0. The van der Waals surface area contributed by atoms with Gasteiger partial charge in [-0.15, -0.1) is 0 Å². The Morgan fingerprint density at radius 3 is 2.40 bits per heavy atom. The number of nitrogens with zero attached hydrogens (tertiary/aromatic N) is 2. The Morgan fingerprint density at radius 2 is 1.95 bits per heavy atom. The molecule has 0 amide bonds. The van der Waals surface area contributed by atoms with Crippen molar-refractivity contribution in [3.05, 3.63) is 29.8 Å². The Morgan fingerprint density at radius 1 is 1.35 bits per heavy atom. The number of hydrogen-bond acceptors (Lipinski definition) is 4. The van der Waals surface area contributed by atoms with Gasteiger partial charge in [-0.1, -0.05) is 0 Å². The third kappa shape index (κ3) is 3.35. The lowest BCUT2D eigenvalue weighted by atomic mass is 10.2. The van der Waals surface area contributed by atoms with Gasteiger partial charge in [-0.3, -0.25) is 4.79 Å². The van der Waals surface area contributed by atoms with Gasteiger partial charge in [0, 0.05) is 6.54 Å². The molecule has 0 aliphatic heterocycles. The highest BCUT2D eigenvalue weighted by molar-refractivity contribution is 7.89. The van der Waals surface area contributed by atoms with Crippen LogP contribution in [0.5, 0.6) is 0 Å². The number of hydrogen-bond donors (Lipinski definition) is 1. The molecule has 1 aliphatic rings. The highest BCUT2D eigenvalue weighted by atomic mass is 32.2. The van der Waals surface area contributed by atoms with Crippen molar-refractivity contribution in [3.8, 4) is 6.07 Å². The van der Waals surface area contributed by atoms with Crippen molar-refractivity contribution in [3.63, 3.8) is 0 Å². The van der Waals surface area contributed by atoms with Crippen LogP contribution in [0.2, 0.25) is 0 Å². The molecule has 0 heterocycles. The number of benzene rings is 1. The van der Waals surface area contributed by atoms with Crippen LogP contribution in [-0.4, -0.2) is 36.9 Å². The van der Waals surface area contributed by atoms with Crippen molar-refractivity contribution in [1.29, 1.82) is 5.26 Å². The van der Waals surface area contributed by atoms with Gasteiger partial charge in [0.05, 0.1) is 16.5 Å². The van der Waals surface area contributed by atoms with Gasteiger partial charge >= 0.3 is 5.97 Å². The van der Waals surface area contributed by atoms with E-state index in [9.17, 15) is 13.2 Å². The average molecular weight is 294 g/mol. The molecule has 0 saturated heterocycles. The summed E-state index contributed by atoms with van der Waals surface area (Å²) < 4.78 is 25.8. The lowest BCUT2D eigenvalue weighted by Crippen LogP contribution is -2.37. The van der Waals surface area contributed by atoms with Crippen LogP contribution in [0.25, 0.3) is 0 Å². The van der Waals surface area contributed by atoms with Crippen LogP contribution in [0, 0.1) is 17.2 Å². The molecule has 1 aromatic carbocycles. The van der Waals surface area contributed by atoms with Crippen LogP contribution in [0.3, 0.4) is 0 Å². The van der Waals surface area contributed by atoms with Crippen LogP contribution in [0.4, 0.5) is 0 Å². The maximum Gasteiger partial charge on any atom is 0.318 e. The van der Waals surface area contributed by atoms with E-state index >= 15 is 0 Å². The number of rotatable bonds is 6. The minimum Gasteiger partial charge on any atom is -0.480 e. The van der Waals surface area contributed by atoms with Crippen molar-refractivity contribution in [2.45, 2.75) is 17.7 Å². The molecule has 106 valence electrons.